The fourth-order valence-electron chi connectivity index (χ4n) is 3.18. The summed E-state index contributed by atoms with van der Waals surface area (Å²) in [5, 5.41) is 7.17. The number of H-pyrrole nitrogens is 1. The quantitative estimate of drug-likeness (QED) is 0.298. The SMILES string of the molecule is NS.Nc1ncc(-c2ccc(CNC(=O)Cc3ccc(-c4ccccc4)cc3)cc2)[nH]1. The molecule has 4 aromatic rings. The van der Waals surface area contributed by atoms with Gasteiger partial charge in [0.15, 0.2) is 5.95 Å². The van der Waals surface area contributed by atoms with Gasteiger partial charge in [0.1, 0.15) is 0 Å². The number of nitrogens with two attached hydrogens (primary N) is 2. The molecule has 4 rings (SSSR count). The van der Waals surface area contributed by atoms with Crippen LogP contribution >= 0.6 is 12.8 Å². The summed E-state index contributed by atoms with van der Waals surface area (Å²) in [7, 11) is 0. The molecule has 0 atom stereocenters. The summed E-state index contributed by atoms with van der Waals surface area (Å²) in [5.41, 5.74) is 11.8. The van der Waals surface area contributed by atoms with Crippen LogP contribution in [0.3, 0.4) is 0 Å². The van der Waals surface area contributed by atoms with Crippen molar-refractivity contribution in [1.29, 1.82) is 0 Å². The summed E-state index contributed by atoms with van der Waals surface area (Å²) in [4.78, 5) is 19.3. The van der Waals surface area contributed by atoms with E-state index in [1.165, 1.54) is 5.56 Å². The first-order chi connectivity index (χ1) is 15.2. The molecular formula is C24H25N5OS. The standard InChI is InChI=1S/C24H22N4O.H3NS/c25-24-27-16-22(28-24)21-12-8-18(9-13-21)15-26-23(29)14-17-6-10-20(11-7-17)19-4-2-1-3-5-19;1-2/h1-13,16H,14-15H2,(H,26,29)(H3,25,27,28);2H,1H2. The minimum atomic E-state index is 0.00267. The van der Waals surface area contributed by atoms with Crippen LogP contribution in [0.5, 0.6) is 0 Å². The number of imidazole rings is 1. The maximum atomic E-state index is 12.3. The van der Waals surface area contributed by atoms with E-state index in [-0.39, 0.29) is 5.91 Å². The molecule has 0 spiro atoms. The number of thiol groups is 1. The lowest BCUT2D eigenvalue weighted by Crippen LogP contribution is -2.24. The van der Waals surface area contributed by atoms with E-state index < -0.39 is 0 Å². The smallest absolute Gasteiger partial charge is 0.224 e. The molecule has 3 aromatic carbocycles. The van der Waals surface area contributed by atoms with Gasteiger partial charge in [0, 0.05) is 6.54 Å². The third-order valence-electron chi connectivity index (χ3n) is 4.78. The van der Waals surface area contributed by atoms with Crippen molar-refractivity contribution in [3.05, 3.63) is 96.2 Å². The minimum absolute atomic E-state index is 0.00267. The van der Waals surface area contributed by atoms with Gasteiger partial charge in [-0.25, -0.2) is 4.98 Å². The second-order valence-corrected chi connectivity index (χ2v) is 6.90. The summed E-state index contributed by atoms with van der Waals surface area (Å²) in [6.45, 7) is 0.492. The van der Waals surface area contributed by atoms with Crippen LogP contribution in [0.25, 0.3) is 22.4 Å². The number of nitrogens with zero attached hydrogens (tertiary/aromatic N) is 1. The molecule has 158 valence electrons. The highest BCUT2D eigenvalue weighted by molar-refractivity contribution is 7.77. The van der Waals surface area contributed by atoms with E-state index in [9.17, 15) is 4.79 Å². The van der Waals surface area contributed by atoms with Gasteiger partial charge in [0.25, 0.3) is 0 Å². The molecule has 0 radical (unpaired) electrons. The third kappa shape index (κ3) is 6.21. The van der Waals surface area contributed by atoms with E-state index in [0.717, 1.165) is 27.9 Å². The van der Waals surface area contributed by atoms with E-state index in [2.05, 4.69) is 57.5 Å². The largest absolute Gasteiger partial charge is 0.369 e. The molecular weight excluding hydrogens is 406 g/mol. The number of carbonyl (C=O) groups excluding carboxylic acids is 1. The number of hydrogen-bond acceptors (Lipinski definition) is 5. The minimum Gasteiger partial charge on any atom is -0.369 e. The Hall–Kier alpha value is -3.55. The predicted molar refractivity (Wildman–Crippen MR) is 129 cm³/mol. The van der Waals surface area contributed by atoms with E-state index in [4.69, 9.17) is 5.73 Å². The van der Waals surface area contributed by atoms with Crippen molar-refractivity contribution in [2.75, 3.05) is 5.73 Å². The van der Waals surface area contributed by atoms with Gasteiger partial charge in [-0.3, -0.25) is 9.93 Å². The summed E-state index contributed by atoms with van der Waals surface area (Å²) < 4.78 is 0. The number of benzene rings is 3. The van der Waals surface area contributed by atoms with Crippen molar-refractivity contribution in [2.45, 2.75) is 13.0 Å². The normalized spacial score (nSPS) is 10.1. The van der Waals surface area contributed by atoms with Gasteiger partial charge in [0.2, 0.25) is 5.91 Å². The molecule has 0 aliphatic carbocycles. The highest BCUT2D eigenvalue weighted by Gasteiger charge is 2.06. The van der Waals surface area contributed by atoms with Crippen LogP contribution in [0.4, 0.5) is 5.95 Å². The zero-order valence-electron chi connectivity index (χ0n) is 17.0. The first kappa shape index (κ1) is 22.1. The molecule has 6 nitrogen and oxygen atoms in total. The molecule has 0 aliphatic heterocycles. The summed E-state index contributed by atoms with van der Waals surface area (Å²) in [6, 6.07) is 26.3. The Morgan fingerprint density at radius 2 is 1.42 bits per heavy atom. The van der Waals surface area contributed by atoms with Crippen molar-refractivity contribution < 1.29 is 4.79 Å². The number of aromatic amines is 1. The summed E-state index contributed by atoms with van der Waals surface area (Å²) in [6.07, 6.45) is 2.07. The Morgan fingerprint density at radius 1 is 0.839 bits per heavy atom. The molecule has 7 heteroatoms. The maximum Gasteiger partial charge on any atom is 0.224 e. The van der Waals surface area contributed by atoms with Crippen LogP contribution < -0.4 is 16.2 Å². The van der Waals surface area contributed by atoms with Crippen LogP contribution in [0.1, 0.15) is 11.1 Å². The fraction of sp³-hybridized carbons (Fsp3) is 0.0833. The number of amides is 1. The van der Waals surface area contributed by atoms with E-state index in [1.54, 1.807) is 6.20 Å². The van der Waals surface area contributed by atoms with E-state index in [0.29, 0.717) is 18.9 Å². The van der Waals surface area contributed by atoms with Crippen molar-refractivity contribution >= 4 is 24.7 Å². The van der Waals surface area contributed by atoms with Gasteiger partial charge in [-0.1, -0.05) is 78.9 Å². The van der Waals surface area contributed by atoms with Crippen LogP contribution in [0, 0.1) is 0 Å². The van der Waals surface area contributed by atoms with Crippen LogP contribution in [-0.2, 0) is 17.8 Å². The first-order valence-electron chi connectivity index (χ1n) is 9.74. The highest BCUT2D eigenvalue weighted by Crippen LogP contribution is 2.20. The van der Waals surface area contributed by atoms with Gasteiger partial charge < -0.3 is 16.0 Å². The molecule has 0 saturated carbocycles. The molecule has 1 heterocycles. The average molecular weight is 432 g/mol. The van der Waals surface area contributed by atoms with Crippen molar-refractivity contribution in [2.24, 2.45) is 5.14 Å². The zero-order chi connectivity index (χ0) is 22.1. The monoisotopic (exact) mass is 431 g/mol. The van der Waals surface area contributed by atoms with Crippen LogP contribution in [-0.4, -0.2) is 15.9 Å². The Labute approximate surface area is 187 Å². The number of nitrogen functional groups attached to an aromatic ring is 1. The lowest BCUT2D eigenvalue weighted by Gasteiger charge is -2.07. The molecule has 0 fully saturated rings. The zero-order valence-corrected chi connectivity index (χ0v) is 17.8. The third-order valence-corrected chi connectivity index (χ3v) is 4.78. The Bertz CT molecular complexity index is 1090. The molecule has 6 N–H and O–H groups in total. The number of rotatable bonds is 6. The number of nitrogens with one attached hydrogen (secondary N) is 2. The topological polar surface area (TPSA) is 110 Å². The van der Waals surface area contributed by atoms with Gasteiger partial charge in [-0.15, -0.1) is 12.8 Å². The fourth-order valence-corrected chi connectivity index (χ4v) is 3.18. The van der Waals surface area contributed by atoms with Crippen molar-refractivity contribution in [3.63, 3.8) is 0 Å². The van der Waals surface area contributed by atoms with Gasteiger partial charge in [-0.2, -0.15) is 0 Å². The number of carbonyl (C=O) groups is 1. The molecule has 1 amide bonds. The molecule has 0 aliphatic rings. The maximum absolute atomic E-state index is 12.3. The second kappa shape index (κ2) is 11.0. The van der Waals surface area contributed by atoms with E-state index in [1.807, 2.05) is 54.6 Å². The second-order valence-electron chi connectivity index (χ2n) is 6.90. The number of anilines is 1. The van der Waals surface area contributed by atoms with Gasteiger partial charge in [0.05, 0.1) is 18.3 Å². The van der Waals surface area contributed by atoms with Crippen molar-refractivity contribution in [1.82, 2.24) is 15.3 Å². The molecule has 0 saturated heterocycles. The number of hydrogen-bond donors (Lipinski definition) is 5. The average Bonchev–Trinajstić information content (AvgIpc) is 3.27. The molecule has 0 unspecified atom stereocenters. The van der Waals surface area contributed by atoms with Crippen LogP contribution in [0.2, 0.25) is 0 Å². The molecule has 31 heavy (non-hydrogen) atoms. The Morgan fingerprint density at radius 3 is 2.03 bits per heavy atom. The lowest BCUT2D eigenvalue weighted by molar-refractivity contribution is -0.120. The Kier molecular flexibility index (Phi) is 7.86. The lowest BCUT2D eigenvalue weighted by atomic mass is 10.0. The highest BCUT2D eigenvalue weighted by atomic mass is 32.1. The predicted octanol–water partition coefficient (Wildman–Crippen LogP) is 3.97. The number of aromatic nitrogens is 2. The van der Waals surface area contributed by atoms with Crippen molar-refractivity contribution in [3.8, 4) is 22.4 Å². The summed E-state index contributed by atoms with van der Waals surface area (Å²) >= 11 is 3.03. The van der Waals surface area contributed by atoms with Crippen LogP contribution in [0.15, 0.2) is 85.1 Å². The summed E-state index contributed by atoms with van der Waals surface area (Å²) in [5.74, 6) is 0.399. The molecule has 0 bridgehead atoms. The molecule has 1 aromatic heterocycles. The first-order valence-corrected chi connectivity index (χ1v) is 10.3. The Balaban J connectivity index is 0.00000132. The van der Waals surface area contributed by atoms with Gasteiger partial charge in [-0.05, 0) is 27.8 Å². The van der Waals surface area contributed by atoms with Gasteiger partial charge >= 0.3 is 0 Å². The van der Waals surface area contributed by atoms with E-state index >= 15 is 0 Å².